The molecule has 3 rings (SSSR count). The SMILES string of the molecule is COc1ccc(C)cc1Nc1ccnc(Nc2ccc(NC(C)=O)cc2)n1. The van der Waals surface area contributed by atoms with Crippen LogP contribution < -0.4 is 20.7 Å². The molecule has 0 saturated heterocycles. The zero-order valence-electron chi connectivity index (χ0n) is 15.4. The minimum atomic E-state index is -0.107. The lowest BCUT2D eigenvalue weighted by Gasteiger charge is -2.12. The third-order valence-electron chi connectivity index (χ3n) is 3.73. The summed E-state index contributed by atoms with van der Waals surface area (Å²) in [6.45, 7) is 3.49. The smallest absolute Gasteiger partial charge is 0.229 e. The Kier molecular flexibility index (Phi) is 5.51. The number of ether oxygens (including phenoxy) is 1. The number of hydrogen-bond acceptors (Lipinski definition) is 6. The van der Waals surface area contributed by atoms with E-state index in [1.165, 1.54) is 6.92 Å². The number of aryl methyl sites for hydroxylation is 1. The summed E-state index contributed by atoms with van der Waals surface area (Å²) in [6.07, 6.45) is 1.67. The molecule has 0 bridgehead atoms. The van der Waals surface area contributed by atoms with E-state index in [9.17, 15) is 4.79 Å². The zero-order valence-corrected chi connectivity index (χ0v) is 15.4. The van der Waals surface area contributed by atoms with Crippen LogP contribution in [0.1, 0.15) is 12.5 Å². The number of anilines is 5. The molecule has 0 aliphatic rings. The van der Waals surface area contributed by atoms with E-state index in [0.717, 1.165) is 28.4 Å². The van der Waals surface area contributed by atoms with Crippen LogP contribution in [0.4, 0.5) is 28.8 Å². The third-order valence-corrected chi connectivity index (χ3v) is 3.73. The molecule has 2 aromatic carbocycles. The van der Waals surface area contributed by atoms with E-state index < -0.39 is 0 Å². The first-order valence-corrected chi connectivity index (χ1v) is 8.43. The van der Waals surface area contributed by atoms with Gasteiger partial charge in [0, 0.05) is 24.5 Å². The van der Waals surface area contributed by atoms with Gasteiger partial charge in [-0.25, -0.2) is 4.98 Å². The maximum Gasteiger partial charge on any atom is 0.229 e. The highest BCUT2D eigenvalue weighted by molar-refractivity contribution is 5.88. The van der Waals surface area contributed by atoms with Crippen molar-refractivity contribution in [3.8, 4) is 5.75 Å². The maximum absolute atomic E-state index is 11.1. The van der Waals surface area contributed by atoms with Gasteiger partial charge in [0.15, 0.2) is 0 Å². The van der Waals surface area contributed by atoms with E-state index in [0.29, 0.717) is 11.8 Å². The lowest BCUT2D eigenvalue weighted by molar-refractivity contribution is -0.114. The van der Waals surface area contributed by atoms with Crippen LogP contribution in [0.25, 0.3) is 0 Å². The lowest BCUT2D eigenvalue weighted by Crippen LogP contribution is -2.05. The summed E-state index contributed by atoms with van der Waals surface area (Å²) in [5.41, 5.74) is 3.50. The minimum Gasteiger partial charge on any atom is -0.495 e. The van der Waals surface area contributed by atoms with E-state index in [2.05, 4.69) is 25.9 Å². The summed E-state index contributed by atoms with van der Waals surface area (Å²) < 4.78 is 5.39. The predicted octanol–water partition coefficient (Wildman–Crippen LogP) is 4.24. The molecule has 0 atom stereocenters. The van der Waals surface area contributed by atoms with Gasteiger partial charge in [0.2, 0.25) is 11.9 Å². The number of aromatic nitrogens is 2. The number of amides is 1. The van der Waals surface area contributed by atoms with Crippen molar-refractivity contribution in [1.29, 1.82) is 0 Å². The topological polar surface area (TPSA) is 88.2 Å². The molecule has 0 spiro atoms. The number of benzene rings is 2. The van der Waals surface area contributed by atoms with Crippen molar-refractivity contribution >= 4 is 34.7 Å². The maximum atomic E-state index is 11.1. The van der Waals surface area contributed by atoms with E-state index in [1.807, 2.05) is 49.4 Å². The quantitative estimate of drug-likeness (QED) is 0.607. The Morgan fingerprint density at radius 1 is 1.00 bits per heavy atom. The minimum absolute atomic E-state index is 0.107. The van der Waals surface area contributed by atoms with Crippen LogP contribution in [-0.2, 0) is 4.79 Å². The van der Waals surface area contributed by atoms with Crippen molar-refractivity contribution in [2.45, 2.75) is 13.8 Å². The summed E-state index contributed by atoms with van der Waals surface area (Å²) in [4.78, 5) is 19.8. The van der Waals surface area contributed by atoms with Gasteiger partial charge in [-0.05, 0) is 55.0 Å². The number of nitrogens with one attached hydrogen (secondary N) is 3. The number of hydrogen-bond donors (Lipinski definition) is 3. The molecule has 1 amide bonds. The first-order valence-electron chi connectivity index (χ1n) is 8.43. The molecular weight excluding hydrogens is 342 g/mol. The second kappa shape index (κ2) is 8.18. The first kappa shape index (κ1) is 18.2. The molecule has 3 N–H and O–H groups in total. The van der Waals surface area contributed by atoms with Crippen LogP contribution in [0.5, 0.6) is 5.75 Å². The summed E-state index contributed by atoms with van der Waals surface area (Å²) in [6, 6.07) is 15.0. The van der Waals surface area contributed by atoms with Gasteiger partial charge < -0.3 is 20.7 Å². The third kappa shape index (κ3) is 4.94. The fraction of sp³-hybridized carbons (Fsp3) is 0.150. The standard InChI is InChI=1S/C20H21N5O2/c1-13-4-9-18(27-3)17(12-13)24-19-10-11-21-20(25-19)23-16-7-5-15(6-8-16)22-14(2)26/h4-12H,1-3H3,(H,22,26)(H2,21,23,24,25). The first-order chi connectivity index (χ1) is 13.0. The Bertz CT molecular complexity index is 941. The van der Waals surface area contributed by atoms with Crippen molar-refractivity contribution in [2.24, 2.45) is 0 Å². The average Bonchev–Trinajstić information content (AvgIpc) is 2.63. The van der Waals surface area contributed by atoms with Crippen LogP contribution >= 0.6 is 0 Å². The molecule has 27 heavy (non-hydrogen) atoms. The van der Waals surface area contributed by atoms with Gasteiger partial charge in [-0.2, -0.15) is 4.98 Å². The largest absolute Gasteiger partial charge is 0.495 e. The highest BCUT2D eigenvalue weighted by atomic mass is 16.5. The fourth-order valence-electron chi connectivity index (χ4n) is 2.52. The molecule has 0 aliphatic carbocycles. The molecule has 0 saturated carbocycles. The highest BCUT2D eigenvalue weighted by Crippen LogP contribution is 2.28. The molecule has 138 valence electrons. The van der Waals surface area contributed by atoms with Crippen LogP contribution in [0.2, 0.25) is 0 Å². The van der Waals surface area contributed by atoms with E-state index in [4.69, 9.17) is 4.74 Å². The normalized spacial score (nSPS) is 10.2. The Morgan fingerprint density at radius 2 is 1.74 bits per heavy atom. The second-order valence-electron chi connectivity index (χ2n) is 5.98. The number of methoxy groups -OCH3 is 1. The van der Waals surface area contributed by atoms with Gasteiger partial charge in [0.25, 0.3) is 0 Å². The fourth-order valence-corrected chi connectivity index (χ4v) is 2.52. The van der Waals surface area contributed by atoms with E-state index in [1.54, 1.807) is 19.4 Å². The van der Waals surface area contributed by atoms with Crippen molar-refractivity contribution in [3.05, 3.63) is 60.3 Å². The van der Waals surface area contributed by atoms with Crippen LogP contribution in [0.15, 0.2) is 54.7 Å². The van der Waals surface area contributed by atoms with Crippen LogP contribution in [0, 0.1) is 6.92 Å². The summed E-state index contributed by atoms with van der Waals surface area (Å²) in [5, 5.41) is 9.13. The summed E-state index contributed by atoms with van der Waals surface area (Å²) in [5.74, 6) is 1.73. The zero-order chi connectivity index (χ0) is 19.2. The Labute approximate surface area is 157 Å². The highest BCUT2D eigenvalue weighted by Gasteiger charge is 2.06. The number of rotatable bonds is 6. The molecule has 0 unspecified atom stereocenters. The van der Waals surface area contributed by atoms with Crippen molar-refractivity contribution in [2.75, 3.05) is 23.1 Å². The van der Waals surface area contributed by atoms with Gasteiger partial charge in [0.05, 0.1) is 12.8 Å². The number of carbonyl (C=O) groups is 1. The lowest BCUT2D eigenvalue weighted by atomic mass is 10.2. The number of carbonyl (C=O) groups excluding carboxylic acids is 1. The van der Waals surface area contributed by atoms with Gasteiger partial charge in [-0.3, -0.25) is 4.79 Å². The Balaban J connectivity index is 1.74. The Morgan fingerprint density at radius 3 is 2.44 bits per heavy atom. The van der Waals surface area contributed by atoms with Crippen LogP contribution in [0.3, 0.4) is 0 Å². The molecule has 0 radical (unpaired) electrons. The number of nitrogens with zero attached hydrogens (tertiary/aromatic N) is 2. The Hall–Kier alpha value is -3.61. The average molecular weight is 363 g/mol. The van der Waals surface area contributed by atoms with Gasteiger partial charge in [0.1, 0.15) is 11.6 Å². The molecule has 1 heterocycles. The van der Waals surface area contributed by atoms with Gasteiger partial charge >= 0.3 is 0 Å². The summed E-state index contributed by atoms with van der Waals surface area (Å²) in [7, 11) is 1.63. The van der Waals surface area contributed by atoms with Crippen molar-refractivity contribution in [3.63, 3.8) is 0 Å². The van der Waals surface area contributed by atoms with E-state index in [-0.39, 0.29) is 5.91 Å². The molecular formula is C20H21N5O2. The van der Waals surface area contributed by atoms with Crippen molar-refractivity contribution < 1.29 is 9.53 Å². The summed E-state index contributed by atoms with van der Waals surface area (Å²) >= 11 is 0. The molecule has 3 aromatic rings. The second-order valence-corrected chi connectivity index (χ2v) is 5.98. The molecule has 0 aliphatic heterocycles. The van der Waals surface area contributed by atoms with Crippen LogP contribution in [-0.4, -0.2) is 23.0 Å². The molecule has 1 aromatic heterocycles. The van der Waals surface area contributed by atoms with Gasteiger partial charge in [-0.1, -0.05) is 6.07 Å². The van der Waals surface area contributed by atoms with Gasteiger partial charge in [-0.15, -0.1) is 0 Å². The molecule has 7 heteroatoms. The van der Waals surface area contributed by atoms with Crippen molar-refractivity contribution in [1.82, 2.24) is 9.97 Å². The molecule has 7 nitrogen and oxygen atoms in total. The predicted molar refractivity (Wildman–Crippen MR) is 107 cm³/mol. The monoisotopic (exact) mass is 363 g/mol. The van der Waals surface area contributed by atoms with E-state index >= 15 is 0 Å². The molecule has 0 fully saturated rings.